The molecule has 0 saturated heterocycles. The Morgan fingerprint density at radius 1 is 1.27 bits per heavy atom. The van der Waals surface area contributed by atoms with Crippen LogP contribution in [0.25, 0.3) is 0 Å². The van der Waals surface area contributed by atoms with Crippen molar-refractivity contribution in [2.24, 2.45) is 0 Å². The third kappa shape index (κ3) is 3.73. The zero-order valence-corrected chi connectivity index (χ0v) is 8.69. The summed E-state index contributed by atoms with van der Waals surface area (Å²) in [5.41, 5.74) is 0.699. The molecule has 1 nitrogen and oxygen atoms in total. The van der Waals surface area contributed by atoms with Gasteiger partial charge in [0.25, 0.3) is 0 Å². The van der Waals surface area contributed by atoms with Gasteiger partial charge in [0.05, 0.1) is 6.07 Å². The Morgan fingerprint density at radius 2 is 1.82 bits per heavy atom. The van der Waals surface area contributed by atoms with Gasteiger partial charge in [0.2, 0.25) is 0 Å². The van der Waals surface area contributed by atoms with Crippen LogP contribution in [0.15, 0.2) is 0 Å². The quantitative estimate of drug-likeness (QED) is 0.583. The van der Waals surface area contributed by atoms with Crippen LogP contribution in [0.3, 0.4) is 0 Å². The predicted molar refractivity (Wildman–Crippen MR) is 52.3 cm³/mol. The second-order valence-corrected chi connectivity index (χ2v) is 5.82. The van der Waals surface area contributed by atoms with Crippen LogP contribution >= 0.6 is 7.92 Å². The monoisotopic (exact) mass is 171 g/mol. The predicted octanol–water partition coefficient (Wildman–Crippen LogP) is 3.20. The van der Waals surface area contributed by atoms with Crippen LogP contribution in [0.5, 0.6) is 0 Å². The summed E-state index contributed by atoms with van der Waals surface area (Å²) in [5, 5.41) is 8.57. The summed E-state index contributed by atoms with van der Waals surface area (Å²) in [6.07, 6.45) is 4.52. The average molecular weight is 171 g/mol. The first kappa shape index (κ1) is 10.9. The van der Waals surface area contributed by atoms with Crippen molar-refractivity contribution in [2.45, 2.75) is 39.3 Å². The summed E-state index contributed by atoms with van der Waals surface area (Å²) in [7, 11) is 0.152. The largest absolute Gasteiger partial charge is 0.198 e. The molecule has 0 spiro atoms. The van der Waals surface area contributed by atoms with Gasteiger partial charge in [0.1, 0.15) is 0 Å². The van der Waals surface area contributed by atoms with Gasteiger partial charge in [-0.05, 0) is 24.4 Å². The van der Waals surface area contributed by atoms with Crippen LogP contribution in [0.1, 0.15) is 33.6 Å². The molecule has 0 aliphatic carbocycles. The molecule has 0 heterocycles. The standard InChI is InChI=1S/C9H18NP/c1-4-9(7-8-10)11(5-2)6-3/h9H,4-7H2,1-3H3. The smallest absolute Gasteiger partial charge is 0.0628 e. The van der Waals surface area contributed by atoms with Crippen molar-refractivity contribution >= 4 is 7.92 Å². The van der Waals surface area contributed by atoms with Crippen LogP contribution in [0, 0.1) is 11.3 Å². The molecule has 1 unspecified atom stereocenters. The van der Waals surface area contributed by atoms with E-state index < -0.39 is 0 Å². The highest BCUT2D eigenvalue weighted by atomic mass is 31.1. The molecule has 0 radical (unpaired) electrons. The molecule has 0 aromatic carbocycles. The first-order valence-corrected chi connectivity index (χ1v) is 6.19. The van der Waals surface area contributed by atoms with Crippen LogP contribution < -0.4 is 0 Å². The normalized spacial score (nSPS) is 13.0. The Balaban J connectivity index is 3.89. The minimum absolute atomic E-state index is 0.152. The van der Waals surface area contributed by atoms with Crippen molar-refractivity contribution in [2.75, 3.05) is 12.3 Å². The molecule has 1 atom stereocenters. The van der Waals surface area contributed by atoms with Gasteiger partial charge in [0, 0.05) is 6.42 Å². The molecule has 0 aliphatic heterocycles. The molecule has 0 aliphatic rings. The highest BCUT2D eigenvalue weighted by Crippen LogP contribution is 2.43. The number of hydrogen-bond acceptors (Lipinski definition) is 1. The molecular weight excluding hydrogens is 153 g/mol. The third-order valence-corrected chi connectivity index (χ3v) is 5.33. The van der Waals surface area contributed by atoms with Crippen molar-refractivity contribution in [3.63, 3.8) is 0 Å². The van der Waals surface area contributed by atoms with Crippen molar-refractivity contribution < 1.29 is 0 Å². The lowest BCUT2D eigenvalue weighted by Gasteiger charge is -2.21. The van der Waals surface area contributed by atoms with E-state index in [1.165, 1.54) is 18.7 Å². The first-order valence-electron chi connectivity index (χ1n) is 4.41. The lowest BCUT2D eigenvalue weighted by atomic mass is 10.3. The Bertz CT molecular complexity index is 124. The second-order valence-electron chi connectivity index (χ2n) is 2.65. The van der Waals surface area contributed by atoms with Crippen molar-refractivity contribution in [3.05, 3.63) is 0 Å². The minimum atomic E-state index is 0.152. The summed E-state index contributed by atoms with van der Waals surface area (Å²) in [4.78, 5) is 0. The summed E-state index contributed by atoms with van der Waals surface area (Å²) < 4.78 is 0. The van der Waals surface area contributed by atoms with Crippen LogP contribution in [-0.4, -0.2) is 18.0 Å². The van der Waals surface area contributed by atoms with E-state index in [4.69, 9.17) is 5.26 Å². The number of hydrogen-bond donors (Lipinski definition) is 0. The summed E-state index contributed by atoms with van der Waals surface area (Å²) in [6.45, 7) is 6.69. The lowest BCUT2D eigenvalue weighted by Crippen LogP contribution is -2.05. The van der Waals surface area contributed by atoms with E-state index in [1.807, 2.05) is 0 Å². The molecular formula is C9H18NP. The Labute approximate surface area is 71.6 Å². The fraction of sp³-hybridized carbons (Fsp3) is 0.889. The van der Waals surface area contributed by atoms with Gasteiger partial charge in [-0.25, -0.2) is 0 Å². The van der Waals surface area contributed by atoms with Gasteiger partial charge in [-0.1, -0.05) is 20.8 Å². The van der Waals surface area contributed by atoms with Gasteiger partial charge in [0.15, 0.2) is 0 Å². The van der Waals surface area contributed by atoms with E-state index in [-0.39, 0.29) is 7.92 Å². The molecule has 0 amide bonds. The highest BCUT2D eigenvalue weighted by molar-refractivity contribution is 7.58. The maximum Gasteiger partial charge on any atom is 0.0628 e. The van der Waals surface area contributed by atoms with E-state index in [2.05, 4.69) is 26.8 Å². The molecule has 11 heavy (non-hydrogen) atoms. The van der Waals surface area contributed by atoms with Crippen LogP contribution in [-0.2, 0) is 0 Å². The van der Waals surface area contributed by atoms with E-state index in [1.54, 1.807) is 0 Å². The molecule has 0 aromatic rings. The lowest BCUT2D eigenvalue weighted by molar-refractivity contribution is 0.825. The molecule has 0 fully saturated rings. The molecule has 64 valence electrons. The first-order chi connectivity index (χ1) is 5.29. The SMILES string of the molecule is CCC(CC#N)P(CC)CC. The fourth-order valence-corrected chi connectivity index (χ4v) is 3.71. The maximum atomic E-state index is 8.57. The zero-order chi connectivity index (χ0) is 8.69. The topological polar surface area (TPSA) is 23.8 Å². The second kappa shape index (κ2) is 6.62. The van der Waals surface area contributed by atoms with Crippen LogP contribution in [0.2, 0.25) is 0 Å². The van der Waals surface area contributed by atoms with E-state index in [9.17, 15) is 0 Å². The van der Waals surface area contributed by atoms with Crippen molar-refractivity contribution in [1.29, 1.82) is 5.26 Å². The van der Waals surface area contributed by atoms with Gasteiger partial charge < -0.3 is 0 Å². The van der Waals surface area contributed by atoms with Crippen LogP contribution in [0.4, 0.5) is 0 Å². The average Bonchev–Trinajstić information content (AvgIpc) is 2.05. The molecule has 0 N–H and O–H groups in total. The number of nitriles is 1. The van der Waals surface area contributed by atoms with Crippen molar-refractivity contribution in [3.8, 4) is 6.07 Å². The Morgan fingerprint density at radius 3 is 2.09 bits per heavy atom. The molecule has 0 aromatic heterocycles. The molecule has 0 rings (SSSR count). The Kier molecular flexibility index (Phi) is 6.57. The fourth-order valence-electron chi connectivity index (χ4n) is 1.38. The zero-order valence-electron chi connectivity index (χ0n) is 7.80. The summed E-state index contributed by atoms with van der Waals surface area (Å²) in [6, 6.07) is 2.28. The Hall–Kier alpha value is -0.0800. The molecule has 0 bridgehead atoms. The van der Waals surface area contributed by atoms with Crippen molar-refractivity contribution in [1.82, 2.24) is 0 Å². The van der Waals surface area contributed by atoms with E-state index in [0.29, 0.717) is 5.66 Å². The molecule has 2 heteroatoms. The highest BCUT2D eigenvalue weighted by Gasteiger charge is 2.14. The van der Waals surface area contributed by atoms with Gasteiger partial charge in [-0.3, -0.25) is 0 Å². The van der Waals surface area contributed by atoms with Gasteiger partial charge >= 0.3 is 0 Å². The summed E-state index contributed by atoms with van der Waals surface area (Å²) >= 11 is 0. The summed E-state index contributed by atoms with van der Waals surface area (Å²) in [5.74, 6) is 0. The number of nitrogens with zero attached hydrogens (tertiary/aromatic N) is 1. The number of rotatable bonds is 5. The third-order valence-electron chi connectivity index (χ3n) is 2.13. The molecule has 0 saturated carbocycles. The van der Waals surface area contributed by atoms with Gasteiger partial charge in [-0.2, -0.15) is 5.26 Å². The van der Waals surface area contributed by atoms with E-state index >= 15 is 0 Å². The maximum absolute atomic E-state index is 8.57. The minimum Gasteiger partial charge on any atom is -0.198 e. The van der Waals surface area contributed by atoms with Gasteiger partial charge in [-0.15, -0.1) is 7.92 Å². The van der Waals surface area contributed by atoms with E-state index in [0.717, 1.165) is 6.42 Å².